The number of aryl methyl sites for hydroxylation is 1. The highest BCUT2D eigenvalue weighted by Crippen LogP contribution is 2.00. The number of amides is 1. The number of carbonyl (C=O) groups excluding carboxylic acids is 1. The highest BCUT2D eigenvalue weighted by Gasteiger charge is 2.07. The van der Waals surface area contributed by atoms with Gasteiger partial charge in [0.1, 0.15) is 12.0 Å². The third-order valence-corrected chi connectivity index (χ3v) is 1.89. The lowest BCUT2D eigenvalue weighted by atomic mass is 10.4. The van der Waals surface area contributed by atoms with E-state index in [4.69, 9.17) is 4.42 Å². The molecule has 6 nitrogen and oxygen atoms in total. The Morgan fingerprint density at radius 2 is 2.38 bits per heavy atom. The van der Waals surface area contributed by atoms with E-state index < -0.39 is 0 Å². The molecule has 0 spiro atoms. The summed E-state index contributed by atoms with van der Waals surface area (Å²) in [6.45, 7) is 2.06. The van der Waals surface area contributed by atoms with Crippen LogP contribution in [0.25, 0.3) is 0 Å². The Morgan fingerprint density at radius 3 is 3.00 bits per heavy atom. The first-order valence-corrected chi connectivity index (χ1v) is 4.71. The molecule has 2 aromatic rings. The zero-order valence-corrected chi connectivity index (χ0v) is 8.67. The molecule has 2 aromatic heterocycles. The van der Waals surface area contributed by atoms with Gasteiger partial charge in [0.2, 0.25) is 0 Å². The molecule has 82 valence electrons. The van der Waals surface area contributed by atoms with E-state index in [0.717, 1.165) is 0 Å². The van der Waals surface area contributed by atoms with Crippen LogP contribution < -0.4 is 5.32 Å². The summed E-state index contributed by atoms with van der Waals surface area (Å²) in [7, 11) is 0. The van der Waals surface area contributed by atoms with Crippen molar-refractivity contribution in [2.45, 2.75) is 13.5 Å². The molecular formula is C10H10N4O2. The summed E-state index contributed by atoms with van der Waals surface area (Å²) in [4.78, 5) is 23.3. The number of nitrogens with one attached hydrogen (secondary N) is 1. The van der Waals surface area contributed by atoms with Crippen molar-refractivity contribution >= 4 is 5.91 Å². The van der Waals surface area contributed by atoms with Gasteiger partial charge in [0.15, 0.2) is 5.89 Å². The summed E-state index contributed by atoms with van der Waals surface area (Å²) in [5.41, 5.74) is 0.956. The number of hydrogen-bond acceptors (Lipinski definition) is 5. The van der Waals surface area contributed by atoms with Crippen molar-refractivity contribution in [1.29, 1.82) is 0 Å². The first-order chi connectivity index (χ1) is 7.75. The molecule has 0 unspecified atom stereocenters. The number of rotatable bonds is 3. The van der Waals surface area contributed by atoms with Crippen LogP contribution in [0.15, 0.2) is 29.3 Å². The lowest BCUT2D eigenvalue weighted by Gasteiger charge is -2.00. The molecule has 0 aromatic carbocycles. The SMILES string of the molecule is Cc1nc(CNC(=O)c2cnccn2)co1. The highest BCUT2D eigenvalue weighted by atomic mass is 16.3. The number of oxazole rings is 1. The molecule has 0 fully saturated rings. The molecule has 0 radical (unpaired) electrons. The molecule has 16 heavy (non-hydrogen) atoms. The van der Waals surface area contributed by atoms with Gasteiger partial charge in [-0.25, -0.2) is 9.97 Å². The number of aromatic nitrogens is 3. The van der Waals surface area contributed by atoms with Gasteiger partial charge in [-0.2, -0.15) is 0 Å². The first-order valence-electron chi connectivity index (χ1n) is 4.71. The lowest BCUT2D eigenvalue weighted by Crippen LogP contribution is -2.24. The minimum absolute atomic E-state index is 0.280. The molecule has 0 saturated carbocycles. The van der Waals surface area contributed by atoms with Crippen LogP contribution in [-0.4, -0.2) is 20.9 Å². The number of hydrogen-bond donors (Lipinski definition) is 1. The summed E-state index contributed by atoms with van der Waals surface area (Å²) in [6.07, 6.45) is 5.89. The molecule has 0 atom stereocenters. The van der Waals surface area contributed by atoms with Crippen LogP contribution in [0.3, 0.4) is 0 Å². The van der Waals surface area contributed by atoms with E-state index >= 15 is 0 Å². The molecule has 0 aliphatic carbocycles. The zero-order chi connectivity index (χ0) is 11.4. The van der Waals surface area contributed by atoms with Gasteiger partial charge in [-0.1, -0.05) is 0 Å². The standard InChI is InChI=1S/C10H10N4O2/c1-7-14-8(6-16-7)4-13-10(15)9-5-11-2-3-12-9/h2-3,5-6H,4H2,1H3,(H,13,15). The Kier molecular flexibility index (Phi) is 2.90. The van der Waals surface area contributed by atoms with Gasteiger partial charge in [-0.05, 0) is 0 Å². The van der Waals surface area contributed by atoms with Crippen LogP contribution in [0.1, 0.15) is 22.1 Å². The maximum absolute atomic E-state index is 11.6. The van der Waals surface area contributed by atoms with Crippen molar-refractivity contribution < 1.29 is 9.21 Å². The third-order valence-electron chi connectivity index (χ3n) is 1.89. The summed E-state index contributed by atoms with van der Waals surface area (Å²) >= 11 is 0. The van der Waals surface area contributed by atoms with Crippen molar-refractivity contribution in [3.63, 3.8) is 0 Å². The van der Waals surface area contributed by atoms with E-state index in [0.29, 0.717) is 18.1 Å². The van der Waals surface area contributed by atoms with E-state index in [1.165, 1.54) is 24.9 Å². The van der Waals surface area contributed by atoms with E-state index in [-0.39, 0.29) is 11.6 Å². The van der Waals surface area contributed by atoms with Crippen LogP contribution >= 0.6 is 0 Å². The van der Waals surface area contributed by atoms with Gasteiger partial charge in [-0.3, -0.25) is 9.78 Å². The van der Waals surface area contributed by atoms with Gasteiger partial charge in [0, 0.05) is 19.3 Å². The smallest absolute Gasteiger partial charge is 0.271 e. The molecule has 0 bridgehead atoms. The monoisotopic (exact) mass is 218 g/mol. The second kappa shape index (κ2) is 4.52. The Labute approximate surface area is 91.7 Å². The Morgan fingerprint density at radius 1 is 1.50 bits per heavy atom. The molecule has 1 amide bonds. The Bertz CT molecular complexity index is 481. The fourth-order valence-electron chi connectivity index (χ4n) is 1.17. The molecule has 0 saturated heterocycles. The topological polar surface area (TPSA) is 80.9 Å². The van der Waals surface area contributed by atoms with Crippen molar-refractivity contribution in [2.75, 3.05) is 0 Å². The van der Waals surface area contributed by atoms with Gasteiger partial charge in [0.25, 0.3) is 5.91 Å². The predicted octanol–water partition coefficient (Wildman–Crippen LogP) is 0.703. The molecule has 0 aliphatic heterocycles. The van der Waals surface area contributed by atoms with Gasteiger partial charge in [-0.15, -0.1) is 0 Å². The van der Waals surface area contributed by atoms with Crippen LogP contribution in [0.5, 0.6) is 0 Å². The summed E-state index contributed by atoms with van der Waals surface area (Å²) in [5, 5.41) is 2.66. The molecular weight excluding hydrogens is 208 g/mol. The minimum atomic E-state index is -0.284. The first kappa shape index (κ1) is 10.3. The van der Waals surface area contributed by atoms with Crippen molar-refractivity contribution in [3.8, 4) is 0 Å². The Balaban J connectivity index is 1.94. The normalized spacial score (nSPS) is 10.1. The molecule has 2 rings (SSSR count). The summed E-state index contributed by atoms with van der Waals surface area (Å²) < 4.78 is 5.01. The van der Waals surface area contributed by atoms with E-state index in [2.05, 4.69) is 20.3 Å². The van der Waals surface area contributed by atoms with Crippen LogP contribution in [0, 0.1) is 6.92 Å². The number of nitrogens with zero attached hydrogens (tertiary/aromatic N) is 3. The fourth-order valence-corrected chi connectivity index (χ4v) is 1.17. The third kappa shape index (κ3) is 2.41. The summed E-state index contributed by atoms with van der Waals surface area (Å²) in [6, 6.07) is 0. The second-order valence-electron chi connectivity index (χ2n) is 3.13. The van der Waals surface area contributed by atoms with Crippen LogP contribution in [0.4, 0.5) is 0 Å². The van der Waals surface area contributed by atoms with Gasteiger partial charge in [0.05, 0.1) is 18.4 Å². The van der Waals surface area contributed by atoms with Crippen LogP contribution in [-0.2, 0) is 6.54 Å². The Hall–Kier alpha value is -2.24. The molecule has 1 N–H and O–H groups in total. The molecule has 2 heterocycles. The van der Waals surface area contributed by atoms with Gasteiger partial charge < -0.3 is 9.73 Å². The maximum atomic E-state index is 11.6. The van der Waals surface area contributed by atoms with E-state index in [1.54, 1.807) is 6.92 Å². The minimum Gasteiger partial charge on any atom is -0.449 e. The quantitative estimate of drug-likeness (QED) is 0.820. The molecule has 0 aliphatic rings. The fraction of sp³-hybridized carbons (Fsp3) is 0.200. The number of carbonyl (C=O) groups is 1. The van der Waals surface area contributed by atoms with E-state index in [9.17, 15) is 4.79 Å². The maximum Gasteiger partial charge on any atom is 0.271 e. The lowest BCUT2D eigenvalue weighted by molar-refractivity contribution is 0.0945. The average molecular weight is 218 g/mol. The van der Waals surface area contributed by atoms with E-state index in [1.807, 2.05) is 0 Å². The highest BCUT2D eigenvalue weighted by molar-refractivity contribution is 5.91. The van der Waals surface area contributed by atoms with Crippen molar-refractivity contribution in [2.24, 2.45) is 0 Å². The van der Waals surface area contributed by atoms with Crippen molar-refractivity contribution in [1.82, 2.24) is 20.3 Å². The predicted molar refractivity (Wildman–Crippen MR) is 54.4 cm³/mol. The average Bonchev–Trinajstić information content (AvgIpc) is 2.73. The zero-order valence-electron chi connectivity index (χ0n) is 8.67. The molecule has 6 heteroatoms. The van der Waals surface area contributed by atoms with Crippen LogP contribution in [0.2, 0.25) is 0 Å². The second-order valence-corrected chi connectivity index (χ2v) is 3.13. The summed E-state index contributed by atoms with van der Waals surface area (Å²) in [5.74, 6) is 0.289. The van der Waals surface area contributed by atoms with Crippen molar-refractivity contribution in [3.05, 3.63) is 42.1 Å². The largest absolute Gasteiger partial charge is 0.449 e. The van der Waals surface area contributed by atoms with Gasteiger partial charge >= 0.3 is 0 Å².